The molecule has 0 aliphatic rings. The molecular formula is C2H4NaSSi. The third-order valence-electron chi connectivity index (χ3n) is 0.102. The Labute approximate surface area is 63.8 Å². The van der Waals surface area contributed by atoms with Crippen molar-refractivity contribution in [3.63, 3.8) is 0 Å². The van der Waals surface area contributed by atoms with Gasteiger partial charge >= 0.3 is 29.6 Å². The molecule has 0 bridgehead atoms. The van der Waals surface area contributed by atoms with Gasteiger partial charge in [-0.05, 0) is 0 Å². The predicted molar refractivity (Wildman–Crippen MR) is 22.8 cm³/mol. The largest absolute Gasteiger partial charge is 1.00 e. The first-order valence-electron chi connectivity index (χ1n) is 1.14. The van der Waals surface area contributed by atoms with Crippen molar-refractivity contribution < 1.29 is 29.6 Å². The van der Waals surface area contributed by atoms with Crippen LogP contribution in [0.5, 0.6) is 0 Å². The van der Waals surface area contributed by atoms with Crippen molar-refractivity contribution in [2.75, 3.05) is 5.75 Å². The molecule has 0 aliphatic heterocycles. The summed E-state index contributed by atoms with van der Waals surface area (Å²) in [5.41, 5.74) is 0. The number of hydrogen-bond donors (Lipinski definition) is 0. The molecule has 0 atom stereocenters. The fourth-order valence-electron chi connectivity index (χ4n) is 0. The quantitative estimate of drug-likeness (QED) is 0.259. The van der Waals surface area contributed by atoms with Crippen molar-refractivity contribution in [1.29, 1.82) is 0 Å². The van der Waals surface area contributed by atoms with E-state index >= 15 is 0 Å². The molecule has 0 nitrogen and oxygen atoms in total. The van der Waals surface area contributed by atoms with Gasteiger partial charge in [0.05, 0.1) is 0 Å². The van der Waals surface area contributed by atoms with Gasteiger partial charge in [-0.2, -0.15) is 5.75 Å². The van der Waals surface area contributed by atoms with Gasteiger partial charge in [0.15, 0.2) is 0 Å². The molecule has 0 saturated carbocycles. The zero-order valence-corrected chi connectivity index (χ0v) is 7.14. The molecule has 0 aromatic carbocycles. The Morgan fingerprint density at radius 2 is 1.80 bits per heavy atom. The molecule has 0 heterocycles. The molecular weight excluding hydrogens is 107 g/mol. The van der Waals surface area contributed by atoms with Crippen LogP contribution in [-0.4, -0.2) is 16.0 Å². The molecule has 0 N–H and O–H groups in total. The Morgan fingerprint density at radius 1 is 1.60 bits per heavy atom. The van der Waals surface area contributed by atoms with Crippen molar-refractivity contribution in [2.45, 2.75) is 6.04 Å². The van der Waals surface area contributed by atoms with Crippen molar-refractivity contribution >= 4 is 22.9 Å². The van der Waals surface area contributed by atoms with E-state index in [1.54, 1.807) is 0 Å². The van der Waals surface area contributed by atoms with Crippen molar-refractivity contribution in [3.8, 4) is 0 Å². The summed E-state index contributed by atoms with van der Waals surface area (Å²) in [5, 5.41) is 0. The summed E-state index contributed by atoms with van der Waals surface area (Å²) < 4.78 is 0. The van der Waals surface area contributed by atoms with E-state index in [0.717, 1.165) is 11.8 Å². The molecule has 0 aromatic rings. The summed E-state index contributed by atoms with van der Waals surface area (Å²) in [7, 11) is 3.18. The minimum atomic E-state index is 0. The Hall–Kier alpha value is 1.57. The maximum atomic E-state index is 4.50. The van der Waals surface area contributed by atoms with Crippen LogP contribution in [-0.2, 0) is 12.6 Å². The Balaban J connectivity index is 0. The Morgan fingerprint density at radius 3 is 1.80 bits per heavy atom. The van der Waals surface area contributed by atoms with Gasteiger partial charge in [-0.15, -0.1) is 0 Å². The van der Waals surface area contributed by atoms with Crippen LogP contribution in [0.15, 0.2) is 0 Å². The van der Waals surface area contributed by atoms with Crippen LogP contribution in [0.25, 0.3) is 0 Å². The zero-order valence-electron chi connectivity index (χ0n) is 3.32. The number of hydrogen-bond acceptors (Lipinski definition) is 1. The normalized spacial score (nSPS) is 6.00. The van der Waals surface area contributed by atoms with E-state index in [-0.39, 0.29) is 29.6 Å². The van der Waals surface area contributed by atoms with Crippen LogP contribution in [0.4, 0.5) is 0 Å². The maximum Gasteiger partial charge on any atom is 1.00 e. The van der Waals surface area contributed by atoms with E-state index in [2.05, 4.69) is 22.9 Å². The smallest absolute Gasteiger partial charge is 0.793 e. The maximum absolute atomic E-state index is 4.50. The molecule has 23 valence electrons. The molecule has 0 aromatic heterocycles. The number of rotatable bonds is 1. The van der Waals surface area contributed by atoms with E-state index in [4.69, 9.17) is 0 Å². The van der Waals surface area contributed by atoms with E-state index < -0.39 is 0 Å². The van der Waals surface area contributed by atoms with Gasteiger partial charge in [0.1, 0.15) is 0 Å². The Kier molecular flexibility index (Phi) is 17.8. The van der Waals surface area contributed by atoms with Crippen molar-refractivity contribution in [3.05, 3.63) is 0 Å². The van der Waals surface area contributed by atoms with Gasteiger partial charge in [0, 0.05) is 10.2 Å². The molecule has 0 spiro atoms. The predicted octanol–water partition coefficient (Wildman–Crippen LogP) is -2.88. The van der Waals surface area contributed by atoms with Crippen LogP contribution < -0.4 is 29.6 Å². The third kappa shape index (κ3) is 10.7. The zero-order chi connectivity index (χ0) is 3.41. The van der Waals surface area contributed by atoms with Crippen molar-refractivity contribution in [1.82, 2.24) is 0 Å². The summed E-state index contributed by atoms with van der Waals surface area (Å²) in [6.07, 6.45) is 0. The second kappa shape index (κ2) is 9.13. The van der Waals surface area contributed by atoms with Crippen LogP contribution in [0, 0.1) is 0 Å². The molecule has 3 radical (unpaired) electrons. The molecule has 5 heavy (non-hydrogen) atoms. The van der Waals surface area contributed by atoms with Gasteiger partial charge in [-0.25, -0.2) is 0 Å². The first-order chi connectivity index (χ1) is 1.91. The molecule has 0 unspecified atom stereocenters. The average molecular weight is 111 g/mol. The topological polar surface area (TPSA) is 0 Å². The molecule has 3 heteroatoms. The third-order valence-corrected chi connectivity index (χ3v) is 0.919. The molecule has 0 aliphatic carbocycles. The van der Waals surface area contributed by atoms with E-state index in [9.17, 15) is 0 Å². The molecule has 0 rings (SSSR count). The summed E-state index contributed by atoms with van der Waals surface area (Å²) in [5.74, 6) is 0.816. The second-order valence-corrected chi connectivity index (χ2v) is 1.36. The van der Waals surface area contributed by atoms with E-state index in [1.165, 1.54) is 0 Å². The minimum Gasteiger partial charge on any atom is -0.793 e. The van der Waals surface area contributed by atoms with Crippen LogP contribution in [0.3, 0.4) is 0 Å². The summed E-state index contributed by atoms with van der Waals surface area (Å²) >= 11 is 4.50. The minimum absolute atomic E-state index is 0. The van der Waals surface area contributed by atoms with Gasteiger partial charge in [-0.3, -0.25) is 0 Å². The van der Waals surface area contributed by atoms with Gasteiger partial charge in [0.25, 0.3) is 0 Å². The molecule has 0 amide bonds. The summed E-state index contributed by atoms with van der Waals surface area (Å²) in [4.78, 5) is 0. The van der Waals surface area contributed by atoms with Crippen LogP contribution >= 0.6 is 0 Å². The SMILES string of the molecule is [Na+].[Si]CC[S-]. The van der Waals surface area contributed by atoms with E-state index in [0.29, 0.717) is 0 Å². The first-order valence-corrected chi connectivity index (χ1v) is 2.43. The van der Waals surface area contributed by atoms with Crippen molar-refractivity contribution in [2.24, 2.45) is 0 Å². The second-order valence-electron chi connectivity index (χ2n) is 0.454. The van der Waals surface area contributed by atoms with Crippen LogP contribution in [0.1, 0.15) is 0 Å². The van der Waals surface area contributed by atoms with E-state index in [1.807, 2.05) is 0 Å². The average Bonchev–Trinajstić information content (AvgIpc) is 1.37. The molecule has 0 fully saturated rings. The summed E-state index contributed by atoms with van der Waals surface area (Å²) in [6, 6.07) is 0.940. The Bertz CT molecular complexity index is 11.6. The monoisotopic (exact) mass is 111 g/mol. The molecule has 0 saturated heterocycles. The van der Waals surface area contributed by atoms with Gasteiger partial charge in [0.2, 0.25) is 0 Å². The van der Waals surface area contributed by atoms with Gasteiger partial charge in [-0.1, -0.05) is 6.04 Å². The standard InChI is InChI=1S/C2H5SSi.Na/c3-1-2-4;/h3H,1-2H2;/q;+1/p-1. The van der Waals surface area contributed by atoms with Crippen LogP contribution in [0.2, 0.25) is 6.04 Å². The summed E-state index contributed by atoms with van der Waals surface area (Å²) in [6.45, 7) is 0. The fourth-order valence-corrected chi connectivity index (χ4v) is 0. The first kappa shape index (κ1) is 9.76. The fraction of sp³-hybridized carbons (Fsp3) is 1.00. The van der Waals surface area contributed by atoms with Gasteiger partial charge < -0.3 is 12.6 Å².